The molecule has 0 radical (unpaired) electrons. The van der Waals surface area contributed by atoms with Crippen LogP contribution in [0.2, 0.25) is 0 Å². The van der Waals surface area contributed by atoms with Crippen LogP contribution in [-0.2, 0) is 28.2 Å². The second kappa shape index (κ2) is 43.8. The number of carbonyl (C=O) groups excluding carboxylic acids is 2. The summed E-state index contributed by atoms with van der Waals surface area (Å²) in [4.78, 5) is 43.0. The molecular weight excluding hydrogens is 735 g/mol. The Morgan fingerprint density at radius 2 is 0.789 bits per heavy atom. The standard InChI is InChI=1S/C48H89O8P/c1-3-5-7-9-11-13-15-17-19-21-23-24-25-27-29-31-33-35-37-39-41-43-48(50)56-46(45-55-57(51,52)53)44-54-47(49)42-40-38-36-34-32-30-28-26-22-20-18-16-14-12-10-8-6-4-2/h15,17,20-23,46H,3-14,16,18-19,24-45H2,1-2H3,(H2,51,52,53)/b17-15-,22-20-,23-21-. The molecular formula is C48H89O8P. The predicted octanol–water partition coefficient (Wildman–Crippen LogP) is 14.9. The van der Waals surface area contributed by atoms with Crippen LogP contribution in [0.4, 0.5) is 0 Å². The van der Waals surface area contributed by atoms with Gasteiger partial charge in [-0.05, 0) is 70.6 Å². The van der Waals surface area contributed by atoms with E-state index in [0.717, 1.165) is 64.2 Å². The van der Waals surface area contributed by atoms with E-state index in [9.17, 15) is 14.2 Å². The third-order valence-electron chi connectivity index (χ3n) is 10.4. The Morgan fingerprint density at radius 1 is 0.456 bits per heavy atom. The summed E-state index contributed by atoms with van der Waals surface area (Å²) in [5.41, 5.74) is 0. The highest BCUT2D eigenvalue weighted by atomic mass is 31.2. The first-order valence-electron chi connectivity index (χ1n) is 23.8. The molecule has 2 N–H and O–H groups in total. The minimum absolute atomic E-state index is 0.207. The Morgan fingerprint density at radius 3 is 1.18 bits per heavy atom. The van der Waals surface area contributed by atoms with E-state index in [1.807, 2.05) is 0 Å². The molecule has 0 aromatic carbocycles. The van der Waals surface area contributed by atoms with Crippen molar-refractivity contribution in [3.05, 3.63) is 36.5 Å². The van der Waals surface area contributed by atoms with Crippen molar-refractivity contribution in [2.75, 3.05) is 13.2 Å². The van der Waals surface area contributed by atoms with E-state index in [0.29, 0.717) is 6.42 Å². The van der Waals surface area contributed by atoms with Crippen LogP contribution in [0.3, 0.4) is 0 Å². The van der Waals surface area contributed by atoms with Gasteiger partial charge in [-0.15, -0.1) is 0 Å². The number of phosphoric acid groups is 1. The molecule has 9 heteroatoms. The summed E-state index contributed by atoms with van der Waals surface area (Å²) >= 11 is 0. The molecule has 0 saturated carbocycles. The van der Waals surface area contributed by atoms with Crippen molar-refractivity contribution in [2.24, 2.45) is 0 Å². The van der Waals surface area contributed by atoms with E-state index >= 15 is 0 Å². The van der Waals surface area contributed by atoms with Crippen LogP contribution in [0.1, 0.15) is 239 Å². The van der Waals surface area contributed by atoms with Gasteiger partial charge >= 0.3 is 19.8 Å². The van der Waals surface area contributed by atoms with Crippen molar-refractivity contribution in [1.82, 2.24) is 0 Å². The topological polar surface area (TPSA) is 119 Å². The van der Waals surface area contributed by atoms with Crippen LogP contribution >= 0.6 is 7.82 Å². The molecule has 1 atom stereocenters. The number of unbranched alkanes of at least 4 members (excludes halogenated alkanes) is 28. The summed E-state index contributed by atoms with van der Waals surface area (Å²) in [6.45, 7) is 3.69. The molecule has 0 heterocycles. The molecule has 0 spiro atoms. The van der Waals surface area contributed by atoms with Crippen LogP contribution in [0, 0.1) is 0 Å². The predicted molar refractivity (Wildman–Crippen MR) is 239 cm³/mol. The van der Waals surface area contributed by atoms with E-state index < -0.39 is 32.5 Å². The number of carbonyl (C=O) groups is 2. The SMILES string of the molecule is CCCCCCC/C=C\C/C=C\CCCCCCCCCCCC(=O)OC(COC(=O)CCCCCCCCC/C=C\CCCCCCCCC)COP(=O)(O)O. The lowest BCUT2D eigenvalue weighted by atomic mass is 10.1. The number of ether oxygens (including phenoxy) is 2. The van der Waals surface area contributed by atoms with E-state index in [-0.39, 0.29) is 19.4 Å². The summed E-state index contributed by atoms with van der Waals surface area (Å²) in [5, 5.41) is 0. The van der Waals surface area contributed by atoms with E-state index in [1.165, 1.54) is 141 Å². The van der Waals surface area contributed by atoms with E-state index in [1.54, 1.807) is 0 Å². The Hall–Kier alpha value is -1.73. The fraction of sp³-hybridized carbons (Fsp3) is 0.833. The Labute approximate surface area is 351 Å². The molecule has 0 fully saturated rings. The molecule has 0 aliphatic heterocycles. The van der Waals surface area contributed by atoms with E-state index in [2.05, 4.69) is 54.8 Å². The van der Waals surface area contributed by atoms with Crippen molar-refractivity contribution >= 4 is 19.8 Å². The highest BCUT2D eigenvalue weighted by molar-refractivity contribution is 7.46. The minimum atomic E-state index is -4.76. The zero-order valence-corrected chi connectivity index (χ0v) is 37.9. The monoisotopic (exact) mass is 825 g/mol. The average Bonchev–Trinajstić information content (AvgIpc) is 3.18. The summed E-state index contributed by atoms with van der Waals surface area (Å²) < 4.78 is 26.5. The van der Waals surface area contributed by atoms with Crippen LogP contribution in [0.15, 0.2) is 36.5 Å². The fourth-order valence-electron chi connectivity index (χ4n) is 6.81. The minimum Gasteiger partial charge on any atom is -0.462 e. The maximum Gasteiger partial charge on any atom is 0.469 e. The van der Waals surface area contributed by atoms with E-state index in [4.69, 9.17) is 19.3 Å². The van der Waals surface area contributed by atoms with Gasteiger partial charge in [0, 0.05) is 12.8 Å². The second-order valence-corrected chi connectivity index (χ2v) is 17.3. The van der Waals surface area contributed by atoms with Crippen molar-refractivity contribution < 1.29 is 37.9 Å². The maximum absolute atomic E-state index is 12.5. The smallest absolute Gasteiger partial charge is 0.462 e. The normalized spacial score (nSPS) is 12.7. The largest absolute Gasteiger partial charge is 0.469 e. The average molecular weight is 825 g/mol. The van der Waals surface area contributed by atoms with Gasteiger partial charge in [0.05, 0.1) is 6.61 Å². The number of allylic oxidation sites excluding steroid dienone is 6. The molecule has 0 rings (SSSR count). The molecule has 0 aliphatic rings. The lowest BCUT2D eigenvalue weighted by Crippen LogP contribution is -2.29. The van der Waals surface area contributed by atoms with Gasteiger partial charge in [-0.1, -0.05) is 192 Å². The Bertz CT molecular complexity index is 1020. The first kappa shape index (κ1) is 55.3. The number of phosphoric ester groups is 1. The first-order chi connectivity index (χ1) is 27.8. The van der Waals surface area contributed by atoms with Gasteiger partial charge in [0.1, 0.15) is 6.61 Å². The van der Waals surface area contributed by atoms with Gasteiger partial charge < -0.3 is 19.3 Å². The van der Waals surface area contributed by atoms with Gasteiger partial charge in [-0.3, -0.25) is 14.1 Å². The quantitative estimate of drug-likeness (QED) is 0.0270. The summed E-state index contributed by atoms with van der Waals surface area (Å²) in [6.07, 6.45) is 52.9. The molecule has 1 unspecified atom stereocenters. The molecule has 57 heavy (non-hydrogen) atoms. The zero-order valence-electron chi connectivity index (χ0n) is 37.0. The van der Waals surface area contributed by atoms with Crippen LogP contribution in [0.25, 0.3) is 0 Å². The molecule has 0 aromatic rings. The molecule has 0 saturated heterocycles. The van der Waals surface area contributed by atoms with Crippen molar-refractivity contribution in [2.45, 2.75) is 245 Å². The number of rotatable bonds is 44. The maximum atomic E-state index is 12.5. The zero-order chi connectivity index (χ0) is 41.8. The Kier molecular flexibility index (Phi) is 42.5. The number of hydrogen-bond acceptors (Lipinski definition) is 6. The summed E-state index contributed by atoms with van der Waals surface area (Å²) in [5.74, 6) is -0.887. The first-order valence-corrected chi connectivity index (χ1v) is 25.3. The summed E-state index contributed by atoms with van der Waals surface area (Å²) in [6, 6.07) is 0. The Balaban J connectivity index is 3.86. The molecule has 334 valence electrons. The number of esters is 2. The van der Waals surface area contributed by atoms with Crippen LogP contribution in [-0.4, -0.2) is 41.0 Å². The number of hydrogen-bond donors (Lipinski definition) is 2. The molecule has 8 nitrogen and oxygen atoms in total. The van der Waals surface area contributed by atoms with Crippen LogP contribution in [0.5, 0.6) is 0 Å². The van der Waals surface area contributed by atoms with Crippen molar-refractivity contribution in [3.8, 4) is 0 Å². The van der Waals surface area contributed by atoms with Gasteiger partial charge in [0.15, 0.2) is 6.10 Å². The lowest BCUT2D eigenvalue weighted by molar-refractivity contribution is -0.161. The molecule has 0 bridgehead atoms. The molecule has 0 aromatic heterocycles. The molecule has 0 amide bonds. The van der Waals surface area contributed by atoms with Crippen LogP contribution < -0.4 is 0 Å². The second-order valence-electron chi connectivity index (χ2n) is 16.1. The third kappa shape index (κ3) is 46.8. The summed E-state index contributed by atoms with van der Waals surface area (Å²) in [7, 11) is -4.76. The van der Waals surface area contributed by atoms with Gasteiger partial charge in [-0.2, -0.15) is 0 Å². The van der Waals surface area contributed by atoms with Gasteiger partial charge in [-0.25, -0.2) is 4.57 Å². The highest BCUT2D eigenvalue weighted by Gasteiger charge is 2.23. The fourth-order valence-corrected chi connectivity index (χ4v) is 7.17. The van der Waals surface area contributed by atoms with Gasteiger partial charge in [0.25, 0.3) is 0 Å². The third-order valence-corrected chi connectivity index (χ3v) is 10.9. The van der Waals surface area contributed by atoms with Gasteiger partial charge in [0.2, 0.25) is 0 Å². The van der Waals surface area contributed by atoms with Crippen molar-refractivity contribution in [3.63, 3.8) is 0 Å². The van der Waals surface area contributed by atoms with Crippen molar-refractivity contribution in [1.29, 1.82) is 0 Å². The highest BCUT2D eigenvalue weighted by Crippen LogP contribution is 2.36. The molecule has 0 aliphatic carbocycles. The lowest BCUT2D eigenvalue weighted by Gasteiger charge is -2.18.